The molecule has 1 unspecified atom stereocenters. The molecule has 1 fully saturated rings. The van der Waals surface area contributed by atoms with Gasteiger partial charge in [0.05, 0.1) is 0 Å². The zero-order valence-corrected chi connectivity index (χ0v) is 12.9. The van der Waals surface area contributed by atoms with Crippen molar-refractivity contribution in [2.75, 3.05) is 0 Å². The summed E-state index contributed by atoms with van der Waals surface area (Å²) in [4.78, 5) is 25.1. The fraction of sp³-hybridized carbons (Fsp3) is 0.625. The molecule has 3 rings (SSSR count). The van der Waals surface area contributed by atoms with Crippen molar-refractivity contribution in [1.82, 2.24) is 0 Å². The quantitative estimate of drug-likeness (QED) is 0.821. The summed E-state index contributed by atoms with van der Waals surface area (Å²) < 4.78 is 37.0. The summed E-state index contributed by atoms with van der Waals surface area (Å²) in [5.74, 6) is -1.35. The van der Waals surface area contributed by atoms with Gasteiger partial charge in [-0.15, -0.1) is 11.3 Å². The fourth-order valence-corrected chi connectivity index (χ4v) is 4.25. The highest BCUT2D eigenvalue weighted by atomic mass is 32.1. The van der Waals surface area contributed by atoms with Gasteiger partial charge in [-0.2, -0.15) is 13.2 Å². The van der Waals surface area contributed by atoms with Crippen LogP contribution in [-0.2, 0) is 28.9 Å². The second-order valence-corrected chi connectivity index (χ2v) is 7.53. The van der Waals surface area contributed by atoms with Gasteiger partial charge < -0.3 is 0 Å². The van der Waals surface area contributed by atoms with Crippen molar-refractivity contribution in [3.05, 3.63) is 21.4 Å². The van der Waals surface area contributed by atoms with Gasteiger partial charge in [-0.25, -0.2) is 0 Å². The number of hydrogen-bond acceptors (Lipinski definition) is 3. The molecule has 120 valence electrons. The normalized spacial score (nSPS) is 21.5. The standard InChI is InChI=1S/C16H17F3O2S/c17-16(18,19)15(21)6-9-1-4-14-11(5-9)7-12(22-14)8-13(20)10-2-3-10/h7,9-10H,1-6,8H2. The number of Topliss-reactive ketones (excluding diaryl/α,β-unsaturated/α-hetero) is 2. The van der Waals surface area contributed by atoms with Gasteiger partial charge in [0, 0.05) is 28.5 Å². The van der Waals surface area contributed by atoms with Gasteiger partial charge in [0.15, 0.2) is 0 Å². The summed E-state index contributed by atoms with van der Waals surface area (Å²) in [5.41, 5.74) is 1.04. The van der Waals surface area contributed by atoms with Crippen LogP contribution < -0.4 is 0 Å². The number of aryl methyl sites for hydroxylation is 1. The lowest BCUT2D eigenvalue weighted by atomic mass is 9.85. The van der Waals surface area contributed by atoms with E-state index in [1.807, 2.05) is 6.07 Å². The predicted octanol–water partition coefficient (Wildman–Crippen LogP) is 3.90. The molecule has 6 heteroatoms. The first-order valence-electron chi connectivity index (χ1n) is 7.56. The summed E-state index contributed by atoms with van der Waals surface area (Å²) in [6.45, 7) is 0. The molecule has 0 amide bonds. The van der Waals surface area contributed by atoms with Crippen LogP contribution >= 0.6 is 11.3 Å². The summed E-state index contributed by atoms with van der Waals surface area (Å²) in [7, 11) is 0. The zero-order valence-electron chi connectivity index (χ0n) is 12.0. The lowest BCUT2D eigenvalue weighted by molar-refractivity contribution is -0.172. The van der Waals surface area contributed by atoms with Crippen molar-refractivity contribution in [2.45, 2.75) is 51.1 Å². The van der Waals surface area contributed by atoms with Gasteiger partial charge in [0.2, 0.25) is 5.78 Å². The molecule has 0 aromatic carbocycles. The summed E-state index contributed by atoms with van der Waals surface area (Å²) >= 11 is 1.61. The Kier molecular flexibility index (Phi) is 4.14. The van der Waals surface area contributed by atoms with Crippen molar-refractivity contribution >= 4 is 22.9 Å². The lowest BCUT2D eigenvalue weighted by Gasteiger charge is -2.21. The monoisotopic (exact) mass is 330 g/mol. The molecule has 2 aliphatic rings. The van der Waals surface area contributed by atoms with E-state index in [1.165, 1.54) is 4.88 Å². The molecule has 0 saturated heterocycles. The molecule has 0 spiro atoms. The average Bonchev–Trinajstić information content (AvgIpc) is 3.19. The van der Waals surface area contributed by atoms with Gasteiger partial charge in [0.25, 0.3) is 0 Å². The van der Waals surface area contributed by atoms with E-state index in [0.29, 0.717) is 25.7 Å². The highest BCUT2D eigenvalue weighted by molar-refractivity contribution is 7.12. The SMILES string of the molecule is O=C(Cc1cc2c(s1)CCC(CC(=O)C(F)(F)F)C2)C1CC1. The minimum atomic E-state index is -4.73. The number of ketones is 2. The van der Waals surface area contributed by atoms with Gasteiger partial charge in [-0.3, -0.25) is 9.59 Å². The van der Waals surface area contributed by atoms with Crippen LogP contribution in [0.25, 0.3) is 0 Å². The lowest BCUT2D eigenvalue weighted by Crippen LogP contribution is -2.27. The van der Waals surface area contributed by atoms with E-state index in [1.54, 1.807) is 11.3 Å². The van der Waals surface area contributed by atoms with Crippen LogP contribution in [0.1, 0.15) is 41.0 Å². The molecule has 1 aromatic rings. The van der Waals surface area contributed by atoms with E-state index in [9.17, 15) is 22.8 Å². The van der Waals surface area contributed by atoms with Crippen LogP contribution in [0.15, 0.2) is 6.07 Å². The molecule has 0 aliphatic heterocycles. The Morgan fingerprint density at radius 3 is 2.59 bits per heavy atom. The third-order valence-electron chi connectivity index (χ3n) is 4.41. The molecule has 0 bridgehead atoms. The molecule has 0 N–H and O–H groups in total. The number of fused-ring (bicyclic) bond motifs is 1. The molecular formula is C16H17F3O2S. The minimum absolute atomic E-state index is 0.233. The minimum Gasteiger partial charge on any atom is -0.299 e. The number of hydrogen-bond donors (Lipinski definition) is 0. The highest BCUT2D eigenvalue weighted by Crippen LogP contribution is 2.37. The van der Waals surface area contributed by atoms with Crippen LogP contribution in [-0.4, -0.2) is 17.7 Å². The first kappa shape index (κ1) is 15.7. The molecule has 2 nitrogen and oxygen atoms in total. The third-order valence-corrected chi connectivity index (χ3v) is 5.64. The summed E-state index contributed by atoms with van der Waals surface area (Å²) in [6.07, 6.45) is -0.860. The van der Waals surface area contributed by atoms with E-state index in [-0.39, 0.29) is 17.6 Å². The third kappa shape index (κ3) is 3.59. The van der Waals surface area contributed by atoms with E-state index >= 15 is 0 Å². The second kappa shape index (κ2) is 5.80. The van der Waals surface area contributed by atoms with Crippen molar-refractivity contribution in [3.8, 4) is 0 Å². The van der Waals surface area contributed by atoms with Crippen molar-refractivity contribution in [2.24, 2.45) is 11.8 Å². The Hall–Kier alpha value is -1.17. The average molecular weight is 330 g/mol. The van der Waals surface area contributed by atoms with Crippen LogP contribution in [0.5, 0.6) is 0 Å². The second-order valence-electron chi connectivity index (χ2n) is 6.31. The number of rotatable bonds is 5. The molecule has 1 aromatic heterocycles. The van der Waals surface area contributed by atoms with Crippen LogP contribution in [0.4, 0.5) is 13.2 Å². The number of alkyl halides is 3. The molecule has 1 saturated carbocycles. The maximum absolute atomic E-state index is 12.3. The zero-order chi connectivity index (χ0) is 15.9. The Balaban J connectivity index is 1.61. The van der Waals surface area contributed by atoms with Crippen molar-refractivity contribution in [1.29, 1.82) is 0 Å². The Morgan fingerprint density at radius 1 is 1.23 bits per heavy atom. The van der Waals surface area contributed by atoms with E-state index in [0.717, 1.165) is 23.3 Å². The van der Waals surface area contributed by atoms with E-state index in [2.05, 4.69) is 0 Å². The molecule has 2 aliphatic carbocycles. The van der Waals surface area contributed by atoms with Gasteiger partial charge >= 0.3 is 6.18 Å². The Labute approximate surface area is 130 Å². The number of halogens is 3. The van der Waals surface area contributed by atoms with Gasteiger partial charge in [-0.1, -0.05) is 0 Å². The molecular weight excluding hydrogens is 313 g/mol. The molecule has 1 atom stereocenters. The molecule has 0 radical (unpaired) electrons. The first-order valence-corrected chi connectivity index (χ1v) is 8.37. The van der Waals surface area contributed by atoms with Gasteiger partial charge in [-0.05, 0) is 49.7 Å². The molecule has 22 heavy (non-hydrogen) atoms. The van der Waals surface area contributed by atoms with Gasteiger partial charge in [0.1, 0.15) is 5.78 Å². The highest BCUT2D eigenvalue weighted by Gasteiger charge is 2.39. The van der Waals surface area contributed by atoms with Crippen LogP contribution in [0, 0.1) is 11.8 Å². The number of thiophene rings is 1. The Morgan fingerprint density at radius 2 is 1.95 bits per heavy atom. The van der Waals surface area contributed by atoms with Crippen LogP contribution in [0.3, 0.4) is 0 Å². The topological polar surface area (TPSA) is 34.1 Å². The Bertz CT molecular complexity index is 599. The summed E-state index contributed by atoms with van der Waals surface area (Å²) in [5, 5.41) is 0. The largest absolute Gasteiger partial charge is 0.449 e. The van der Waals surface area contributed by atoms with Crippen LogP contribution in [0.2, 0.25) is 0 Å². The molecule has 1 heterocycles. The maximum atomic E-state index is 12.3. The maximum Gasteiger partial charge on any atom is 0.449 e. The van der Waals surface area contributed by atoms with E-state index < -0.39 is 18.4 Å². The predicted molar refractivity (Wildman–Crippen MR) is 76.9 cm³/mol. The van der Waals surface area contributed by atoms with Crippen molar-refractivity contribution < 1.29 is 22.8 Å². The number of carbonyl (C=O) groups excluding carboxylic acids is 2. The van der Waals surface area contributed by atoms with E-state index in [4.69, 9.17) is 0 Å². The number of carbonyl (C=O) groups is 2. The van der Waals surface area contributed by atoms with Crippen molar-refractivity contribution in [3.63, 3.8) is 0 Å². The first-order chi connectivity index (χ1) is 10.3. The smallest absolute Gasteiger partial charge is 0.299 e. The summed E-state index contributed by atoms with van der Waals surface area (Å²) in [6, 6.07) is 1.96. The fourth-order valence-electron chi connectivity index (χ4n) is 3.02.